The first-order chi connectivity index (χ1) is 11.1. The van der Waals surface area contributed by atoms with Gasteiger partial charge in [0.25, 0.3) is 0 Å². The molecule has 2 rings (SSSR count). The minimum absolute atomic E-state index is 0.0576. The van der Waals surface area contributed by atoms with Crippen LogP contribution in [0.2, 0.25) is 0 Å². The van der Waals surface area contributed by atoms with Gasteiger partial charge >= 0.3 is 5.97 Å². The van der Waals surface area contributed by atoms with Crippen LogP contribution in [0.3, 0.4) is 0 Å². The van der Waals surface area contributed by atoms with Gasteiger partial charge in [0, 0.05) is 17.6 Å². The monoisotopic (exact) mass is 320 g/mol. The lowest BCUT2D eigenvalue weighted by Crippen LogP contribution is -2.40. The SMILES string of the molecule is COC(=O)CCOc1ccc(NC(=O)[C@H]2CCN[C@@H](C)C2)cc1. The van der Waals surface area contributed by atoms with Gasteiger partial charge in [0.2, 0.25) is 5.91 Å². The molecule has 0 aliphatic carbocycles. The maximum Gasteiger partial charge on any atom is 0.308 e. The molecule has 23 heavy (non-hydrogen) atoms. The molecule has 0 saturated carbocycles. The van der Waals surface area contributed by atoms with Crippen LogP contribution in [0.15, 0.2) is 24.3 Å². The molecule has 1 heterocycles. The van der Waals surface area contributed by atoms with Crippen molar-refractivity contribution >= 4 is 17.6 Å². The minimum atomic E-state index is -0.301. The molecular weight excluding hydrogens is 296 g/mol. The summed E-state index contributed by atoms with van der Waals surface area (Å²) in [6.07, 6.45) is 1.94. The molecule has 1 amide bonds. The number of methoxy groups -OCH3 is 1. The zero-order valence-corrected chi connectivity index (χ0v) is 13.6. The number of anilines is 1. The largest absolute Gasteiger partial charge is 0.493 e. The molecule has 0 radical (unpaired) electrons. The number of esters is 1. The van der Waals surface area contributed by atoms with Crippen LogP contribution in [0.1, 0.15) is 26.2 Å². The number of amides is 1. The molecule has 1 aromatic rings. The van der Waals surface area contributed by atoms with Crippen molar-refractivity contribution in [3.63, 3.8) is 0 Å². The number of piperidine rings is 1. The van der Waals surface area contributed by atoms with Gasteiger partial charge in [-0.05, 0) is 50.6 Å². The van der Waals surface area contributed by atoms with Gasteiger partial charge in [-0.3, -0.25) is 9.59 Å². The van der Waals surface area contributed by atoms with Crippen molar-refractivity contribution in [1.82, 2.24) is 5.32 Å². The first-order valence-electron chi connectivity index (χ1n) is 7.92. The highest BCUT2D eigenvalue weighted by Gasteiger charge is 2.24. The zero-order valence-electron chi connectivity index (χ0n) is 13.6. The molecule has 1 aliphatic heterocycles. The van der Waals surface area contributed by atoms with Crippen LogP contribution >= 0.6 is 0 Å². The van der Waals surface area contributed by atoms with Crippen LogP contribution in [0, 0.1) is 5.92 Å². The summed E-state index contributed by atoms with van der Waals surface area (Å²) in [5.74, 6) is 0.479. The van der Waals surface area contributed by atoms with Crippen molar-refractivity contribution in [2.75, 3.05) is 25.6 Å². The fourth-order valence-electron chi connectivity index (χ4n) is 2.60. The van der Waals surface area contributed by atoms with Gasteiger partial charge < -0.3 is 20.1 Å². The molecule has 6 nitrogen and oxygen atoms in total. The topological polar surface area (TPSA) is 76.7 Å². The lowest BCUT2D eigenvalue weighted by molar-refractivity contribution is -0.141. The van der Waals surface area contributed by atoms with Crippen molar-refractivity contribution in [3.05, 3.63) is 24.3 Å². The molecule has 1 saturated heterocycles. The molecule has 0 unspecified atom stereocenters. The van der Waals surface area contributed by atoms with E-state index in [4.69, 9.17) is 4.74 Å². The molecule has 0 bridgehead atoms. The second-order valence-corrected chi connectivity index (χ2v) is 5.76. The molecule has 1 aromatic carbocycles. The smallest absolute Gasteiger partial charge is 0.308 e. The van der Waals surface area contributed by atoms with Crippen LogP contribution in [-0.2, 0) is 14.3 Å². The fourth-order valence-corrected chi connectivity index (χ4v) is 2.60. The van der Waals surface area contributed by atoms with E-state index in [-0.39, 0.29) is 30.8 Å². The lowest BCUT2D eigenvalue weighted by atomic mass is 9.92. The minimum Gasteiger partial charge on any atom is -0.493 e. The highest BCUT2D eigenvalue weighted by Crippen LogP contribution is 2.20. The highest BCUT2D eigenvalue weighted by molar-refractivity contribution is 5.92. The van der Waals surface area contributed by atoms with Crippen LogP contribution in [-0.4, -0.2) is 38.2 Å². The van der Waals surface area contributed by atoms with Gasteiger partial charge in [0.15, 0.2) is 0 Å². The second-order valence-electron chi connectivity index (χ2n) is 5.76. The van der Waals surface area contributed by atoms with E-state index < -0.39 is 0 Å². The summed E-state index contributed by atoms with van der Waals surface area (Å²) in [5, 5.41) is 6.29. The number of rotatable bonds is 6. The Labute approximate surface area is 136 Å². The number of carbonyl (C=O) groups excluding carboxylic acids is 2. The van der Waals surface area contributed by atoms with Crippen molar-refractivity contribution in [1.29, 1.82) is 0 Å². The summed E-state index contributed by atoms with van der Waals surface area (Å²) in [5.41, 5.74) is 0.751. The Hall–Kier alpha value is -2.08. The molecule has 2 atom stereocenters. The van der Waals surface area contributed by atoms with Gasteiger partial charge in [-0.25, -0.2) is 0 Å². The Balaban J connectivity index is 1.80. The quantitative estimate of drug-likeness (QED) is 0.784. The molecule has 2 N–H and O–H groups in total. The molecule has 1 fully saturated rings. The number of nitrogens with one attached hydrogen (secondary N) is 2. The summed E-state index contributed by atoms with van der Waals surface area (Å²) >= 11 is 0. The van der Waals surface area contributed by atoms with E-state index in [9.17, 15) is 9.59 Å². The van der Waals surface area contributed by atoms with E-state index in [2.05, 4.69) is 22.3 Å². The Morgan fingerprint density at radius 2 is 2.04 bits per heavy atom. The van der Waals surface area contributed by atoms with Crippen molar-refractivity contribution < 1.29 is 19.1 Å². The van der Waals surface area contributed by atoms with E-state index >= 15 is 0 Å². The second kappa shape index (κ2) is 8.53. The molecule has 0 aromatic heterocycles. The maximum atomic E-state index is 12.3. The van der Waals surface area contributed by atoms with Gasteiger partial charge in [0.05, 0.1) is 20.1 Å². The highest BCUT2D eigenvalue weighted by atomic mass is 16.5. The number of hydrogen-bond acceptors (Lipinski definition) is 5. The summed E-state index contributed by atoms with van der Waals surface area (Å²) < 4.78 is 9.99. The molecule has 0 spiro atoms. The van der Waals surface area contributed by atoms with E-state index in [1.807, 2.05) is 0 Å². The first kappa shape index (κ1) is 17.3. The number of ether oxygens (including phenoxy) is 2. The summed E-state index contributed by atoms with van der Waals surface area (Å²) in [4.78, 5) is 23.3. The van der Waals surface area contributed by atoms with Crippen LogP contribution in [0.5, 0.6) is 5.75 Å². The third-order valence-corrected chi connectivity index (χ3v) is 3.92. The van der Waals surface area contributed by atoms with Crippen LogP contribution in [0.25, 0.3) is 0 Å². The van der Waals surface area contributed by atoms with Gasteiger partial charge in [-0.2, -0.15) is 0 Å². The average molecular weight is 320 g/mol. The third-order valence-electron chi connectivity index (χ3n) is 3.92. The number of benzene rings is 1. The van der Waals surface area contributed by atoms with Crippen LogP contribution < -0.4 is 15.4 Å². The molecule has 6 heteroatoms. The van der Waals surface area contributed by atoms with Gasteiger partial charge in [-0.1, -0.05) is 0 Å². The van der Waals surface area contributed by atoms with Crippen LogP contribution in [0.4, 0.5) is 5.69 Å². The van der Waals surface area contributed by atoms with Gasteiger partial charge in [0.1, 0.15) is 5.75 Å². The Morgan fingerprint density at radius 3 is 2.70 bits per heavy atom. The zero-order chi connectivity index (χ0) is 16.7. The number of carbonyl (C=O) groups is 2. The normalized spacial score (nSPS) is 20.6. The van der Waals surface area contributed by atoms with E-state index in [1.54, 1.807) is 24.3 Å². The lowest BCUT2D eigenvalue weighted by Gasteiger charge is -2.27. The molecular formula is C17H24N2O4. The molecule has 126 valence electrons. The molecule has 1 aliphatic rings. The van der Waals surface area contributed by atoms with Crippen molar-refractivity contribution in [3.8, 4) is 5.75 Å². The summed E-state index contributed by atoms with van der Waals surface area (Å²) in [7, 11) is 1.35. The Morgan fingerprint density at radius 1 is 1.30 bits per heavy atom. The number of hydrogen-bond donors (Lipinski definition) is 2. The van der Waals surface area contributed by atoms with Crippen molar-refractivity contribution in [2.45, 2.75) is 32.2 Å². The van der Waals surface area contributed by atoms with E-state index in [0.717, 1.165) is 25.1 Å². The predicted molar refractivity (Wildman–Crippen MR) is 87.4 cm³/mol. The Bertz CT molecular complexity index is 530. The fraction of sp³-hybridized carbons (Fsp3) is 0.529. The standard InChI is InChI=1S/C17H24N2O4/c1-12-11-13(7-9-18-12)17(21)19-14-3-5-15(6-4-14)23-10-8-16(20)22-2/h3-6,12-13,18H,7-11H2,1-2H3,(H,19,21)/t12-,13-/m0/s1. The van der Waals surface area contributed by atoms with Crippen molar-refractivity contribution in [2.24, 2.45) is 5.92 Å². The predicted octanol–water partition coefficient (Wildman–Crippen LogP) is 1.96. The summed E-state index contributed by atoms with van der Waals surface area (Å²) in [6, 6.07) is 7.53. The average Bonchev–Trinajstić information content (AvgIpc) is 2.56. The summed E-state index contributed by atoms with van der Waals surface area (Å²) in [6.45, 7) is 3.25. The van der Waals surface area contributed by atoms with Gasteiger partial charge in [-0.15, -0.1) is 0 Å². The first-order valence-corrected chi connectivity index (χ1v) is 7.92. The van der Waals surface area contributed by atoms with E-state index in [1.165, 1.54) is 7.11 Å². The third kappa shape index (κ3) is 5.56. The Kier molecular flexibility index (Phi) is 6.40. The maximum absolute atomic E-state index is 12.3. The van der Waals surface area contributed by atoms with E-state index in [0.29, 0.717) is 11.8 Å².